The molecular formula is C31H20F6N2O4. The van der Waals surface area contributed by atoms with Gasteiger partial charge in [-0.05, 0) is 79.7 Å². The fourth-order valence-electron chi connectivity index (χ4n) is 4.55. The van der Waals surface area contributed by atoms with Crippen molar-refractivity contribution in [2.75, 3.05) is 0 Å². The molecule has 6 nitrogen and oxygen atoms in total. The van der Waals surface area contributed by atoms with E-state index >= 15 is 8.78 Å². The first-order chi connectivity index (χ1) is 20.4. The Kier molecular flexibility index (Phi) is 6.40. The van der Waals surface area contributed by atoms with Crippen molar-refractivity contribution in [2.45, 2.75) is 30.5 Å². The molecule has 12 heteroatoms. The molecule has 6 rings (SSSR count). The smallest absolute Gasteiger partial charge is 0.395 e. The number of alkyl halides is 6. The van der Waals surface area contributed by atoms with Gasteiger partial charge >= 0.3 is 23.6 Å². The number of ether oxygens (including phenoxy) is 2. The van der Waals surface area contributed by atoms with Gasteiger partial charge in [0.2, 0.25) is 11.8 Å². The quantitative estimate of drug-likeness (QED) is 0.166. The molecule has 5 aromatic rings. The van der Waals surface area contributed by atoms with E-state index in [1.807, 2.05) is 0 Å². The second-order valence-electron chi connectivity index (χ2n) is 9.55. The summed E-state index contributed by atoms with van der Waals surface area (Å²) in [6.45, 7) is 5.40. The summed E-state index contributed by atoms with van der Waals surface area (Å²) in [7, 11) is 0. The topological polar surface area (TPSA) is 70.5 Å². The summed E-state index contributed by atoms with van der Waals surface area (Å²) in [5, 5.41) is 0. The Morgan fingerprint density at radius 2 is 1.21 bits per heavy atom. The van der Waals surface area contributed by atoms with Crippen LogP contribution in [0.25, 0.3) is 46.2 Å². The van der Waals surface area contributed by atoms with Crippen LogP contribution in [0.4, 0.5) is 26.3 Å². The van der Waals surface area contributed by atoms with Crippen LogP contribution < -0.4 is 9.47 Å². The van der Waals surface area contributed by atoms with Crippen LogP contribution in [0, 0.1) is 0 Å². The molecule has 1 aliphatic rings. The molecule has 0 radical (unpaired) electrons. The van der Waals surface area contributed by atoms with Gasteiger partial charge in [-0.25, -0.2) is 9.97 Å². The molecule has 0 aliphatic heterocycles. The maximum absolute atomic E-state index is 15.6. The van der Waals surface area contributed by atoms with Crippen LogP contribution in [-0.2, 0) is 0 Å². The van der Waals surface area contributed by atoms with E-state index in [-0.39, 0.29) is 11.8 Å². The summed E-state index contributed by atoms with van der Waals surface area (Å²) in [6, 6.07) is 15.8. The molecule has 0 amide bonds. The zero-order valence-electron chi connectivity index (χ0n) is 22.2. The number of benzene rings is 3. The van der Waals surface area contributed by atoms with E-state index in [2.05, 4.69) is 26.0 Å². The molecule has 0 bridgehead atoms. The first-order valence-electron chi connectivity index (χ1n) is 12.8. The van der Waals surface area contributed by atoms with Crippen LogP contribution in [0.15, 0.2) is 94.3 Å². The van der Waals surface area contributed by atoms with Gasteiger partial charge in [0.05, 0.1) is 0 Å². The number of fused-ring (bicyclic) bond motifs is 1. The van der Waals surface area contributed by atoms with Gasteiger partial charge in [0.15, 0.2) is 11.3 Å². The van der Waals surface area contributed by atoms with Gasteiger partial charge in [-0.15, -0.1) is 0 Å². The van der Waals surface area contributed by atoms with Crippen molar-refractivity contribution in [3.8, 4) is 34.4 Å². The van der Waals surface area contributed by atoms with Crippen molar-refractivity contribution in [3.05, 3.63) is 96.9 Å². The maximum atomic E-state index is 15.6. The minimum Gasteiger partial charge on any atom is -0.447 e. The lowest BCUT2D eigenvalue weighted by Gasteiger charge is -2.55. The van der Waals surface area contributed by atoms with Crippen molar-refractivity contribution >= 4 is 23.3 Å². The summed E-state index contributed by atoms with van der Waals surface area (Å²) in [4.78, 5) is 8.54. The number of rotatable bonds is 8. The summed E-state index contributed by atoms with van der Waals surface area (Å²) in [5.41, 5.74) is 2.14. The summed E-state index contributed by atoms with van der Waals surface area (Å²) in [5.74, 6) is -21.7. The molecule has 0 saturated heterocycles. The number of halogens is 6. The zero-order valence-corrected chi connectivity index (χ0v) is 22.2. The first kappa shape index (κ1) is 28.1. The maximum Gasteiger partial charge on any atom is 0.395 e. The van der Waals surface area contributed by atoms with Gasteiger partial charge in [-0.2, -0.15) is 26.3 Å². The monoisotopic (exact) mass is 598 g/mol. The van der Waals surface area contributed by atoms with E-state index in [0.717, 1.165) is 24.3 Å². The summed E-state index contributed by atoms with van der Waals surface area (Å²) in [6.07, 6.45) is 4.81. The highest BCUT2D eigenvalue weighted by Gasteiger charge is 3.03. The molecule has 3 aromatic carbocycles. The molecule has 1 saturated carbocycles. The number of oxazole rings is 2. The van der Waals surface area contributed by atoms with Crippen LogP contribution in [0.2, 0.25) is 0 Å². The number of hydrogen-bond donors (Lipinski definition) is 0. The third kappa shape index (κ3) is 4.11. The number of hydrogen-bond acceptors (Lipinski definition) is 6. The van der Waals surface area contributed by atoms with Crippen molar-refractivity contribution < 1.29 is 44.7 Å². The highest BCUT2D eigenvalue weighted by molar-refractivity contribution is 5.76. The van der Waals surface area contributed by atoms with E-state index in [1.54, 1.807) is 43.3 Å². The van der Waals surface area contributed by atoms with Crippen LogP contribution in [0.3, 0.4) is 0 Å². The number of nitrogens with zero attached hydrogens (tertiary/aromatic N) is 2. The molecule has 2 aromatic heterocycles. The predicted octanol–water partition coefficient (Wildman–Crippen LogP) is 8.90. The Labute approximate surface area is 239 Å². The molecule has 220 valence electrons. The van der Waals surface area contributed by atoms with Crippen LogP contribution in [0.5, 0.6) is 11.5 Å². The molecule has 1 fully saturated rings. The molecule has 0 N–H and O–H groups in total. The molecule has 2 atom stereocenters. The highest BCUT2D eigenvalue weighted by atomic mass is 19.3. The fraction of sp³-hybridized carbons (Fsp3) is 0.161. The molecule has 2 unspecified atom stereocenters. The van der Waals surface area contributed by atoms with Crippen molar-refractivity contribution in [1.82, 2.24) is 9.97 Å². The Morgan fingerprint density at radius 3 is 1.70 bits per heavy atom. The predicted molar refractivity (Wildman–Crippen MR) is 145 cm³/mol. The summed E-state index contributed by atoms with van der Waals surface area (Å²) >= 11 is 0. The van der Waals surface area contributed by atoms with Crippen LogP contribution >= 0.6 is 0 Å². The lowest BCUT2D eigenvalue weighted by Crippen LogP contribution is -2.89. The van der Waals surface area contributed by atoms with E-state index in [1.165, 1.54) is 30.3 Å². The number of allylic oxidation sites excluding steroid dienone is 1. The van der Waals surface area contributed by atoms with E-state index in [0.29, 0.717) is 33.7 Å². The minimum atomic E-state index is -5.59. The third-order valence-electron chi connectivity index (χ3n) is 6.82. The number of aromatic nitrogens is 2. The zero-order chi connectivity index (χ0) is 30.6. The Balaban J connectivity index is 1.25. The first-order valence-corrected chi connectivity index (χ1v) is 12.8. The van der Waals surface area contributed by atoms with Gasteiger partial charge in [-0.3, -0.25) is 0 Å². The highest BCUT2D eigenvalue weighted by Crippen LogP contribution is 2.68. The van der Waals surface area contributed by atoms with Crippen LogP contribution in [0.1, 0.15) is 18.4 Å². The molecule has 43 heavy (non-hydrogen) atoms. The average molecular weight is 598 g/mol. The van der Waals surface area contributed by atoms with Gasteiger partial charge in [0.1, 0.15) is 22.7 Å². The van der Waals surface area contributed by atoms with E-state index in [9.17, 15) is 17.6 Å². The molecular weight excluding hydrogens is 578 g/mol. The van der Waals surface area contributed by atoms with Crippen molar-refractivity contribution in [3.63, 3.8) is 0 Å². The van der Waals surface area contributed by atoms with Gasteiger partial charge in [-0.1, -0.05) is 24.8 Å². The third-order valence-corrected chi connectivity index (χ3v) is 6.82. The van der Waals surface area contributed by atoms with E-state index in [4.69, 9.17) is 8.83 Å². The van der Waals surface area contributed by atoms with E-state index < -0.39 is 35.1 Å². The second-order valence-corrected chi connectivity index (χ2v) is 9.55. The SMILES string of the molecule is C=Cc1oc(-c2ccc(OC3(F)C(F)(F)C(F)(F)C3(F)Oc3ccc(-c4nc5ccccc5o4)cc3)cc2)nc1/C=C\C. The Bertz CT molecular complexity index is 1820. The van der Waals surface area contributed by atoms with Crippen molar-refractivity contribution in [2.24, 2.45) is 0 Å². The minimum absolute atomic E-state index is 0.106. The average Bonchev–Trinajstić information content (AvgIpc) is 3.62. The molecule has 0 spiro atoms. The largest absolute Gasteiger partial charge is 0.447 e. The Morgan fingerprint density at radius 1 is 0.698 bits per heavy atom. The summed E-state index contributed by atoms with van der Waals surface area (Å²) < 4.78 is 110. The van der Waals surface area contributed by atoms with Gasteiger partial charge in [0.25, 0.3) is 0 Å². The van der Waals surface area contributed by atoms with Gasteiger partial charge < -0.3 is 18.3 Å². The Hall–Kier alpha value is -5.00. The van der Waals surface area contributed by atoms with Crippen molar-refractivity contribution in [1.29, 1.82) is 0 Å². The lowest BCUT2D eigenvalue weighted by molar-refractivity contribution is -0.527. The second kappa shape index (κ2) is 9.79. The van der Waals surface area contributed by atoms with Crippen LogP contribution in [-0.4, -0.2) is 33.5 Å². The molecule has 2 heterocycles. The lowest BCUT2D eigenvalue weighted by atomic mass is 9.76. The standard InChI is InChI=1S/C31H20F6N2O4/c1-3-7-22-24(4-2)40-26(38-22)18-10-14-20(15-11-18)42-30(36)28(32,33)29(34,35)31(30,37)43-21-16-12-19(13-17-21)27-39-23-8-5-6-9-25(23)41-27/h3-17H,2H2,1H3/b7-3-. The number of para-hydroxylation sites is 2. The van der Waals surface area contributed by atoms with Gasteiger partial charge in [0, 0.05) is 11.1 Å². The normalized spacial score (nSPS) is 22.4. The molecule has 1 aliphatic carbocycles. The fourth-order valence-corrected chi connectivity index (χ4v) is 4.55.